The molecule has 0 amide bonds. The highest BCUT2D eigenvalue weighted by molar-refractivity contribution is 6.26. The zero-order chi connectivity index (χ0) is 55.4. The largest absolute Gasteiger partial charge is 0.331 e. The number of nitrogens with zero attached hydrogens (tertiary/aromatic N) is 9. The molecule has 0 saturated heterocycles. The summed E-state index contributed by atoms with van der Waals surface area (Å²) < 4.78 is 14.4. The lowest BCUT2D eigenvalue weighted by Crippen LogP contribution is -2.14. The number of fused-ring (bicyclic) bond motifs is 21. The van der Waals surface area contributed by atoms with E-state index >= 15 is 0 Å². The van der Waals surface area contributed by atoms with Crippen LogP contribution in [0.1, 0.15) is 5.82 Å². The van der Waals surface area contributed by atoms with Crippen LogP contribution in [-0.4, -0.2) is 42.4 Å². The van der Waals surface area contributed by atoms with Crippen LogP contribution in [0.15, 0.2) is 273 Å². The molecule has 0 atom stereocenters. The molecule has 0 aliphatic carbocycles. The minimum absolute atomic E-state index is 0.329. The van der Waals surface area contributed by atoms with E-state index in [1.54, 1.807) is 0 Å². The second-order valence-corrected chi connectivity index (χ2v) is 22.3. The Balaban J connectivity index is 0.984. The molecular formula is C76H47N9. The average molecular weight is 1090 g/mol. The van der Waals surface area contributed by atoms with E-state index in [-0.39, 0.29) is 0 Å². The molecule has 85 heavy (non-hydrogen) atoms. The number of aromatic nitrogens is 9. The van der Waals surface area contributed by atoms with Crippen LogP contribution in [-0.2, 0) is 6.54 Å². The maximum Gasteiger partial charge on any atom is 0.239 e. The van der Waals surface area contributed by atoms with Crippen molar-refractivity contribution in [2.45, 2.75) is 6.54 Å². The van der Waals surface area contributed by atoms with Crippen molar-refractivity contribution in [3.05, 3.63) is 279 Å². The van der Waals surface area contributed by atoms with Crippen LogP contribution >= 0.6 is 0 Å². The smallest absolute Gasteiger partial charge is 0.239 e. The van der Waals surface area contributed by atoms with E-state index in [1.807, 2.05) is 0 Å². The van der Waals surface area contributed by atoms with Crippen LogP contribution < -0.4 is 0 Å². The Labute approximate surface area is 484 Å². The fourth-order valence-corrected chi connectivity index (χ4v) is 14.5. The molecule has 0 saturated carbocycles. The molecule has 19 rings (SSSR count). The Morgan fingerprint density at radius 1 is 0.200 bits per heavy atom. The van der Waals surface area contributed by atoms with Crippen molar-refractivity contribution in [3.63, 3.8) is 0 Å². The van der Waals surface area contributed by atoms with Crippen LogP contribution in [0.3, 0.4) is 0 Å². The Kier molecular flexibility index (Phi) is 9.48. The topological polar surface area (TPSA) is 68.2 Å². The fraction of sp³-hybridized carbons (Fsp3) is 0.0132. The second kappa shape index (κ2) is 17.5. The maximum atomic E-state index is 5.90. The standard InChI is InChI=1S/C76H47N9/c1-4-22-47(23-5-1)81-63-35-17-11-29-51(63)57-41-40-56-50-28-10-16-34-62(50)80(69(56)70(57)81)46-68-77-75(84-66-38-20-14-32-54(66)60-44-42-58-52-30-12-18-36-64(52)82(71(58)73(60)84)48-24-6-2-7-25-48)79-76(78-68)85-67-39-21-15-33-55(67)61-45-43-59-53-31-13-19-37-65(53)83(72(59)74(61)85)49-26-8-3-9-27-49/h1-45H,46H2. The molecule has 396 valence electrons. The van der Waals surface area contributed by atoms with Gasteiger partial charge in [0.15, 0.2) is 5.82 Å². The molecule has 9 nitrogen and oxygen atoms in total. The van der Waals surface area contributed by atoms with Gasteiger partial charge in [-0.25, -0.2) is 0 Å². The zero-order valence-corrected chi connectivity index (χ0v) is 45.7. The molecule has 12 aromatic carbocycles. The van der Waals surface area contributed by atoms with Gasteiger partial charge in [0.1, 0.15) is 0 Å². The van der Waals surface area contributed by atoms with E-state index in [0.29, 0.717) is 24.3 Å². The van der Waals surface area contributed by atoms with Crippen LogP contribution in [0.2, 0.25) is 0 Å². The predicted molar refractivity (Wildman–Crippen MR) is 350 cm³/mol. The molecule has 0 aliphatic heterocycles. The van der Waals surface area contributed by atoms with Gasteiger partial charge < -0.3 is 18.3 Å². The lowest BCUT2D eigenvalue weighted by molar-refractivity contribution is 0.753. The van der Waals surface area contributed by atoms with Gasteiger partial charge in [-0.3, -0.25) is 9.13 Å². The van der Waals surface area contributed by atoms with Crippen molar-refractivity contribution in [3.8, 4) is 29.0 Å². The highest BCUT2D eigenvalue weighted by atomic mass is 15.3. The van der Waals surface area contributed by atoms with Gasteiger partial charge in [-0.1, -0.05) is 200 Å². The number of hydrogen-bond donors (Lipinski definition) is 0. The van der Waals surface area contributed by atoms with Gasteiger partial charge in [0.25, 0.3) is 0 Å². The van der Waals surface area contributed by atoms with Crippen LogP contribution in [0.5, 0.6) is 0 Å². The summed E-state index contributed by atoms with van der Waals surface area (Å²) in [5, 5.41) is 13.8. The van der Waals surface area contributed by atoms with Gasteiger partial charge >= 0.3 is 0 Å². The molecule has 0 unspecified atom stereocenters. The summed E-state index contributed by atoms with van der Waals surface area (Å²) in [6.45, 7) is 0.329. The van der Waals surface area contributed by atoms with Gasteiger partial charge in [-0.2, -0.15) is 15.0 Å². The Morgan fingerprint density at radius 2 is 0.447 bits per heavy atom. The molecule has 0 spiro atoms. The van der Waals surface area contributed by atoms with E-state index in [1.165, 1.54) is 21.5 Å². The van der Waals surface area contributed by atoms with Crippen molar-refractivity contribution in [2.75, 3.05) is 0 Å². The Hall–Kier alpha value is -11.6. The minimum atomic E-state index is 0.329. The lowest BCUT2D eigenvalue weighted by Gasteiger charge is -2.16. The Morgan fingerprint density at radius 3 is 0.788 bits per heavy atom. The Bertz CT molecular complexity index is 5740. The molecule has 0 fully saturated rings. The molecule has 0 radical (unpaired) electrons. The first-order chi connectivity index (χ1) is 42.2. The maximum absolute atomic E-state index is 5.90. The minimum Gasteiger partial charge on any atom is -0.331 e. The first kappa shape index (κ1) is 46.1. The quantitative estimate of drug-likeness (QED) is 0.160. The predicted octanol–water partition coefficient (Wildman–Crippen LogP) is 18.5. The van der Waals surface area contributed by atoms with Crippen LogP contribution in [0, 0.1) is 0 Å². The highest BCUT2D eigenvalue weighted by Crippen LogP contribution is 2.45. The van der Waals surface area contributed by atoms with E-state index in [2.05, 4.69) is 300 Å². The number of hydrogen-bond acceptors (Lipinski definition) is 3. The van der Waals surface area contributed by atoms with Crippen molar-refractivity contribution < 1.29 is 0 Å². The van der Waals surface area contributed by atoms with Crippen molar-refractivity contribution >= 4 is 131 Å². The summed E-state index contributed by atoms with van der Waals surface area (Å²) in [5.41, 5.74) is 16.2. The zero-order valence-electron chi connectivity index (χ0n) is 45.7. The molecule has 0 bridgehead atoms. The van der Waals surface area contributed by atoms with Gasteiger partial charge in [0.2, 0.25) is 11.9 Å². The van der Waals surface area contributed by atoms with E-state index < -0.39 is 0 Å². The summed E-state index contributed by atoms with van der Waals surface area (Å²) in [7, 11) is 0. The normalized spacial score (nSPS) is 12.3. The molecular weight excluding hydrogens is 1040 g/mol. The van der Waals surface area contributed by atoms with Crippen molar-refractivity contribution in [1.82, 2.24) is 42.4 Å². The van der Waals surface area contributed by atoms with Gasteiger partial charge in [0.05, 0.1) is 67.2 Å². The summed E-state index contributed by atoms with van der Waals surface area (Å²) in [6.07, 6.45) is 0. The summed E-state index contributed by atoms with van der Waals surface area (Å²) in [4.78, 5) is 17.6. The van der Waals surface area contributed by atoms with Gasteiger partial charge in [0, 0.05) is 87.2 Å². The fourth-order valence-electron chi connectivity index (χ4n) is 14.5. The molecule has 19 aromatic rings. The summed E-state index contributed by atoms with van der Waals surface area (Å²) in [5.74, 6) is 1.66. The number of para-hydroxylation sites is 9. The van der Waals surface area contributed by atoms with Crippen molar-refractivity contribution in [1.29, 1.82) is 0 Å². The van der Waals surface area contributed by atoms with E-state index in [9.17, 15) is 0 Å². The summed E-state index contributed by atoms with van der Waals surface area (Å²) >= 11 is 0. The van der Waals surface area contributed by atoms with Gasteiger partial charge in [-0.15, -0.1) is 0 Å². The van der Waals surface area contributed by atoms with E-state index in [0.717, 1.165) is 126 Å². The van der Waals surface area contributed by atoms with Gasteiger partial charge in [-0.05, 0) is 72.8 Å². The number of benzene rings is 12. The first-order valence-corrected chi connectivity index (χ1v) is 29.0. The first-order valence-electron chi connectivity index (χ1n) is 29.0. The molecule has 0 aliphatic rings. The molecule has 7 heterocycles. The number of rotatable bonds is 7. The second-order valence-electron chi connectivity index (χ2n) is 22.3. The lowest BCUT2D eigenvalue weighted by atomic mass is 10.1. The summed E-state index contributed by atoms with van der Waals surface area (Å²) in [6, 6.07) is 98.6. The van der Waals surface area contributed by atoms with Crippen LogP contribution in [0.25, 0.3) is 160 Å². The molecule has 9 heteroatoms. The molecule has 0 N–H and O–H groups in total. The van der Waals surface area contributed by atoms with E-state index in [4.69, 9.17) is 15.0 Å². The van der Waals surface area contributed by atoms with Crippen molar-refractivity contribution in [2.24, 2.45) is 0 Å². The third-order valence-electron chi connectivity index (χ3n) is 17.9. The molecule has 7 aromatic heterocycles. The monoisotopic (exact) mass is 1090 g/mol. The third kappa shape index (κ3) is 6.38. The SMILES string of the molecule is c1ccc(-n2c3ccccc3c3ccc4c5ccccc5n(Cc5nc(-n6c7ccccc7c7ccc8c9ccccc9n(-c9ccccc9)c8c76)nc(-n6c7ccccc7c7ccc8c9ccccc9n(-c9ccccc9)c8c76)n5)c4c32)cc1. The third-order valence-corrected chi connectivity index (χ3v) is 17.9. The van der Waals surface area contributed by atoms with Crippen LogP contribution in [0.4, 0.5) is 0 Å². The average Bonchev–Trinajstić information content (AvgIpc) is 2.22. The highest BCUT2D eigenvalue weighted by Gasteiger charge is 2.28.